The first-order chi connectivity index (χ1) is 11.8. The van der Waals surface area contributed by atoms with Gasteiger partial charge < -0.3 is 19.3 Å². The maximum atomic E-state index is 12.6. The van der Waals surface area contributed by atoms with E-state index in [0.717, 1.165) is 71.5 Å². The van der Waals surface area contributed by atoms with Crippen LogP contribution in [0.25, 0.3) is 0 Å². The number of ether oxygens (including phenoxy) is 2. The van der Waals surface area contributed by atoms with Gasteiger partial charge in [0.05, 0.1) is 25.4 Å². The zero-order valence-electron chi connectivity index (χ0n) is 14.3. The number of morpholine rings is 1. The molecule has 3 heterocycles. The highest BCUT2D eigenvalue weighted by molar-refractivity contribution is 5.94. The number of piperazine rings is 1. The second-order valence-corrected chi connectivity index (χ2v) is 6.13. The summed E-state index contributed by atoms with van der Waals surface area (Å²) in [6.07, 6.45) is 1.70. The molecule has 2 saturated heterocycles. The summed E-state index contributed by atoms with van der Waals surface area (Å²) in [5.74, 6) is 0.988. The lowest BCUT2D eigenvalue weighted by Gasteiger charge is -2.34. The van der Waals surface area contributed by atoms with Crippen LogP contribution in [-0.2, 0) is 9.47 Å². The van der Waals surface area contributed by atoms with Crippen molar-refractivity contribution in [3.05, 3.63) is 23.9 Å². The normalized spacial score (nSPS) is 19.5. The minimum atomic E-state index is 0.0717. The van der Waals surface area contributed by atoms with E-state index in [-0.39, 0.29) is 5.91 Å². The largest absolute Gasteiger partial charge is 0.383 e. The molecule has 132 valence electrons. The van der Waals surface area contributed by atoms with E-state index in [1.54, 1.807) is 13.3 Å². The summed E-state index contributed by atoms with van der Waals surface area (Å²) in [5.41, 5.74) is 0.664. The zero-order chi connectivity index (χ0) is 16.8. The van der Waals surface area contributed by atoms with Gasteiger partial charge in [0.2, 0.25) is 0 Å². The monoisotopic (exact) mass is 334 g/mol. The first-order valence-corrected chi connectivity index (χ1v) is 8.57. The Morgan fingerprint density at radius 3 is 2.54 bits per heavy atom. The fraction of sp³-hybridized carbons (Fsp3) is 0.647. The summed E-state index contributed by atoms with van der Waals surface area (Å²) < 4.78 is 10.5. The minimum absolute atomic E-state index is 0.0717. The van der Waals surface area contributed by atoms with Crippen LogP contribution >= 0.6 is 0 Å². The number of hydrogen-bond acceptors (Lipinski definition) is 6. The third-order valence-corrected chi connectivity index (χ3v) is 4.60. The summed E-state index contributed by atoms with van der Waals surface area (Å²) >= 11 is 0. The van der Waals surface area contributed by atoms with E-state index < -0.39 is 0 Å². The predicted molar refractivity (Wildman–Crippen MR) is 91.5 cm³/mol. The van der Waals surface area contributed by atoms with Gasteiger partial charge in [-0.2, -0.15) is 0 Å². The Bertz CT molecular complexity index is 523. The number of carbonyl (C=O) groups is 1. The van der Waals surface area contributed by atoms with Crippen molar-refractivity contribution in [2.24, 2.45) is 0 Å². The van der Waals surface area contributed by atoms with Crippen LogP contribution in [0.15, 0.2) is 18.3 Å². The lowest BCUT2D eigenvalue weighted by atomic mass is 10.2. The van der Waals surface area contributed by atoms with Crippen LogP contribution in [0.5, 0.6) is 0 Å². The summed E-state index contributed by atoms with van der Waals surface area (Å²) in [6.45, 7) is 8.14. The molecule has 2 aliphatic rings. The number of pyridine rings is 1. The highest BCUT2D eigenvalue weighted by Crippen LogP contribution is 2.15. The molecule has 0 bridgehead atoms. The molecule has 0 atom stereocenters. The third-order valence-electron chi connectivity index (χ3n) is 4.60. The van der Waals surface area contributed by atoms with Crippen molar-refractivity contribution in [2.75, 3.05) is 77.6 Å². The van der Waals surface area contributed by atoms with Crippen LogP contribution in [0.3, 0.4) is 0 Å². The molecule has 1 aromatic rings. The van der Waals surface area contributed by atoms with Crippen molar-refractivity contribution >= 4 is 11.7 Å². The SMILES string of the molecule is COCCN1CCN(C(=O)c2ccc(N3CCOCC3)nc2)CC1. The van der Waals surface area contributed by atoms with Crippen LogP contribution in [0.2, 0.25) is 0 Å². The zero-order valence-corrected chi connectivity index (χ0v) is 14.3. The van der Waals surface area contributed by atoms with Crippen molar-refractivity contribution in [3.8, 4) is 0 Å². The fourth-order valence-corrected chi connectivity index (χ4v) is 3.07. The Labute approximate surface area is 143 Å². The first kappa shape index (κ1) is 17.1. The van der Waals surface area contributed by atoms with E-state index in [4.69, 9.17) is 9.47 Å². The van der Waals surface area contributed by atoms with E-state index in [0.29, 0.717) is 5.56 Å². The summed E-state index contributed by atoms with van der Waals surface area (Å²) in [7, 11) is 1.72. The van der Waals surface area contributed by atoms with Gasteiger partial charge in [-0.05, 0) is 12.1 Å². The molecule has 2 fully saturated rings. The molecule has 0 unspecified atom stereocenters. The minimum Gasteiger partial charge on any atom is -0.383 e. The van der Waals surface area contributed by atoms with Gasteiger partial charge in [0, 0.05) is 59.1 Å². The maximum absolute atomic E-state index is 12.6. The molecular formula is C17H26N4O3. The fourth-order valence-electron chi connectivity index (χ4n) is 3.07. The Morgan fingerprint density at radius 1 is 1.17 bits per heavy atom. The number of nitrogens with zero attached hydrogens (tertiary/aromatic N) is 4. The van der Waals surface area contributed by atoms with Gasteiger partial charge in [-0.3, -0.25) is 9.69 Å². The Hall–Kier alpha value is -1.70. The lowest BCUT2D eigenvalue weighted by molar-refractivity contribution is 0.0594. The standard InChI is InChI=1S/C17H26N4O3/c1-23-11-8-19-4-6-21(7-5-19)17(22)15-2-3-16(18-14-15)20-9-12-24-13-10-20/h2-3,14H,4-13H2,1H3. The van der Waals surface area contributed by atoms with Crippen molar-refractivity contribution in [1.82, 2.24) is 14.8 Å². The Morgan fingerprint density at radius 2 is 1.92 bits per heavy atom. The number of aromatic nitrogens is 1. The maximum Gasteiger partial charge on any atom is 0.255 e. The number of hydrogen-bond donors (Lipinski definition) is 0. The van der Waals surface area contributed by atoms with Crippen LogP contribution < -0.4 is 4.90 Å². The third kappa shape index (κ3) is 4.23. The van der Waals surface area contributed by atoms with Crippen LogP contribution in [0.1, 0.15) is 10.4 Å². The van der Waals surface area contributed by atoms with Gasteiger partial charge in [-0.1, -0.05) is 0 Å². The van der Waals surface area contributed by atoms with Crippen LogP contribution in [0, 0.1) is 0 Å². The van der Waals surface area contributed by atoms with E-state index in [9.17, 15) is 4.79 Å². The van der Waals surface area contributed by atoms with E-state index in [2.05, 4.69) is 14.8 Å². The number of methoxy groups -OCH3 is 1. The molecule has 0 spiro atoms. The molecule has 1 amide bonds. The topological polar surface area (TPSA) is 58.1 Å². The molecule has 24 heavy (non-hydrogen) atoms. The van der Waals surface area contributed by atoms with E-state index in [1.807, 2.05) is 17.0 Å². The van der Waals surface area contributed by atoms with Crippen LogP contribution in [-0.4, -0.2) is 93.4 Å². The van der Waals surface area contributed by atoms with Crippen molar-refractivity contribution in [3.63, 3.8) is 0 Å². The number of amides is 1. The predicted octanol–water partition coefficient (Wildman–Crippen LogP) is 0.322. The molecule has 7 heteroatoms. The molecule has 0 radical (unpaired) electrons. The van der Waals surface area contributed by atoms with Gasteiger partial charge in [-0.25, -0.2) is 4.98 Å². The molecule has 0 aliphatic carbocycles. The number of rotatable bonds is 5. The quantitative estimate of drug-likeness (QED) is 0.773. The molecule has 7 nitrogen and oxygen atoms in total. The van der Waals surface area contributed by atoms with Crippen molar-refractivity contribution in [1.29, 1.82) is 0 Å². The van der Waals surface area contributed by atoms with Crippen LogP contribution in [0.4, 0.5) is 5.82 Å². The van der Waals surface area contributed by atoms with Gasteiger partial charge in [0.1, 0.15) is 5.82 Å². The average Bonchev–Trinajstić information content (AvgIpc) is 2.67. The van der Waals surface area contributed by atoms with E-state index in [1.165, 1.54) is 0 Å². The summed E-state index contributed by atoms with van der Waals surface area (Å²) in [6, 6.07) is 3.82. The molecule has 3 rings (SSSR count). The summed E-state index contributed by atoms with van der Waals surface area (Å²) in [4.78, 5) is 23.5. The Kier molecular flexibility index (Phi) is 6.01. The van der Waals surface area contributed by atoms with Gasteiger partial charge in [0.25, 0.3) is 5.91 Å². The van der Waals surface area contributed by atoms with Gasteiger partial charge in [-0.15, -0.1) is 0 Å². The highest BCUT2D eigenvalue weighted by atomic mass is 16.5. The molecule has 1 aromatic heterocycles. The van der Waals surface area contributed by atoms with Crippen molar-refractivity contribution in [2.45, 2.75) is 0 Å². The molecule has 2 aliphatic heterocycles. The van der Waals surface area contributed by atoms with Gasteiger partial charge in [0.15, 0.2) is 0 Å². The highest BCUT2D eigenvalue weighted by Gasteiger charge is 2.22. The Balaban J connectivity index is 1.53. The number of carbonyl (C=O) groups excluding carboxylic acids is 1. The first-order valence-electron chi connectivity index (χ1n) is 8.57. The number of anilines is 1. The smallest absolute Gasteiger partial charge is 0.255 e. The molecular weight excluding hydrogens is 308 g/mol. The van der Waals surface area contributed by atoms with Crippen molar-refractivity contribution < 1.29 is 14.3 Å². The molecule has 0 N–H and O–H groups in total. The second-order valence-electron chi connectivity index (χ2n) is 6.13. The van der Waals surface area contributed by atoms with Gasteiger partial charge >= 0.3 is 0 Å². The van der Waals surface area contributed by atoms with E-state index >= 15 is 0 Å². The average molecular weight is 334 g/mol. The molecule has 0 aromatic carbocycles. The lowest BCUT2D eigenvalue weighted by Crippen LogP contribution is -2.49. The molecule has 0 saturated carbocycles. The summed E-state index contributed by atoms with van der Waals surface area (Å²) in [5, 5.41) is 0. The second kappa shape index (κ2) is 8.41.